The van der Waals surface area contributed by atoms with Crippen LogP contribution in [0.2, 0.25) is 0 Å². The Labute approximate surface area is 226 Å². The SMILES string of the molecule is CC.c1ccc(-c2ccc3[nH]c4c(-c5cccc6c5sc5ccc7ccccc7c56)cccc4c3c2)cc1. The highest BCUT2D eigenvalue weighted by molar-refractivity contribution is 7.26. The summed E-state index contributed by atoms with van der Waals surface area (Å²) >= 11 is 1.90. The number of hydrogen-bond donors (Lipinski definition) is 1. The average molecular weight is 506 g/mol. The molecule has 0 amide bonds. The molecular formula is C36H27NS. The van der Waals surface area contributed by atoms with E-state index >= 15 is 0 Å². The molecule has 0 atom stereocenters. The molecule has 0 bridgehead atoms. The van der Waals surface area contributed by atoms with Crippen LogP contribution >= 0.6 is 11.3 Å². The maximum atomic E-state index is 3.76. The number of fused-ring (bicyclic) bond motifs is 8. The third-order valence-electron chi connectivity index (χ3n) is 7.42. The topological polar surface area (TPSA) is 15.8 Å². The Bertz CT molecular complexity index is 2090. The summed E-state index contributed by atoms with van der Waals surface area (Å²) in [5.74, 6) is 0. The van der Waals surface area contributed by atoms with E-state index in [1.54, 1.807) is 0 Å². The van der Waals surface area contributed by atoms with Crippen molar-refractivity contribution >= 4 is 64.1 Å². The van der Waals surface area contributed by atoms with Crippen molar-refractivity contribution in [2.75, 3.05) is 0 Å². The predicted molar refractivity (Wildman–Crippen MR) is 168 cm³/mol. The first kappa shape index (κ1) is 22.8. The number of thiophene rings is 1. The Morgan fingerprint density at radius 2 is 1.26 bits per heavy atom. The number of aromatic nitrogens is 1. The van der Waals surface area contributed by atoms with Crippen LogP contribution in [0.1, 0.15) is 13.8 Å². The Hall–Kier alpha value is -4.40. The number of nitrogens with one attached hydrogen (secondary N) is 1. The molecule has 0 radical (unpaired) electrons. The second kappa shape index (κ2) is 9.16. The minimum absolute atomic E-state index is 1.17. The molecule has 2 heterocycles. The quantitative estimate of drug-likeness (QED) is 0.240. The van der Waals surface area contributed by atoms with Gasteiger partial charge < -0.3 is 4.98 Å². The highest BCUT2D eigenvalue weighted by Gasteiger charge is 2.16. The zero-order chi connectivity index (χ0) is 25.6. The summed E-state index contributed by atoms with van der Waals surface area (Å²) in [6, 6.07) is 44.1. The second-order valence-electron chi connectivity index (χ2n) is 9.42. The molecule has 0 saturated carbocycles. The third kappa shape index (κ3) is 3.45. The lowest BCUT2D eigenvalue weighted by Crippen LogP contribution is -1.81. The lowest BCUT2D eigenvalue weighted by molar-refractivity contribution is 1.50. The van der Waals surface area contributed by atoms with Gasteiger partial charge in [0.25, 0.3) is 0 Å². The minimum Gasteiger partial charge on any atom is -0.354 e. The molecule has 8 rings (SSSR count). The fourth-order valence-corrected chi connectivity index (χ4v) is 6.98. The van der Waals surface area contributed by atoms with Crippen LogP contribution in [0.3, 0.4) is 0 Å². The fourth-order valence-electron chi connectivity index (χ4n) is 5.74. The molecule has 38 heavy (non-hydrogen) atoms. The van der Waals surface area contributed by atoms with Gasteiger partial charge in [-0.05, 0) is 40.1 Å². The van der Waals surface area contributed by atoms with Crippen molar-refractivity contribution in [3.63, 3.8) is 0 Å². The predicted octanol–water partition coefficient (Wildman–Crippen LogP) is 11.2. The van der Waals surface area contributed by atoms with Crippen molar-refractivity contribution in [3.8, 4) is 22.3 Å². The first-order valence-electron chi connectivity index (χ1n) is 13.3. The van der Waals surface area contributed by atoms with E-state index in [0.29, 0.717) is 0 Å². The van der Waals surface area contributed by atoms with E-state index in [1.165, 1.54) is 75.0 Å². The van der Waals surface area contributed by atoms with Crippen LogP contribution in [0.15, 0.2) is 121 Å². The van der Waals surface area contributed by atoms with Crippen LogP contribution < -0.4 is 0 Å². The van der Waals surface area contributed by atoms with Gasteiger partial charge in [-0.2, -0.15) is 0 Å². The van der Waals surface area contributed by atoms with Gasteiger partial charge in [-0.25, -0.2) is 0 Å². The highest BCUT2D eigenvalue weighted by Crippen LogP contribution is 2.44. The normalized spacial score (nSPS) is 11.4. The number of hydrogen-bond acceptors (Lipinski definition) is 1. The maximum absolute atomic E-state index is 3.76. The van der Waals surface area contributed by atoms with Crippen LogP contribution in [0, 0.1) is 0 Å². The molecule has 0 aliphatic carbocycles. The summed E-state index contributed by atoms with van der Waals surface area (Å²) in [5.41, 5.74) is 7.41. The van der Waals surface area contributed by atoms with Crippen molar-refractivity contribution < 1.29 is 0 Å². The molecule has 0 aliphatic rings. The number of benzene rings is 6. The Morgan fingerprint density at radius 3 is 2.13 bits per heavy atom. The van der Waals surface area contributed by atoms with Gasteiger partial charge in [-0.15, -0.1) is 11.3 Å². The van der Waals surface area contributed by atoms with E-state index < -0.39 is 0 Å². The van der Waals surface area contributed by atoms with Gasteiger partial charge in [0.05, 0.1) is 5.52 Å². The van der Waals surface area contributed by atoms with Gasteiger partial charge in [0.1, 0.15) is 0 Å². The lowest BCUT2D eigenvalue weighted by atomic mass is 9.98. The summed E-state index contributed by atoms with van der Waals surface area (Å²) in [6.45, 7) is 4.00. The zero-order valence-corrected chi connectivity index (χ0v) is 22.3. The number of H-pyrrole nitrogens is 1. The molecular weight excluding hydrogens is 478 g/mol. The summed E-state index contributed by atoms with van der Waals surface area (Å²) in [4.78, 5) is 3.76. The molecule has 1 nitrogen and oxygen atoms in total. The van der Waals surface area contributed by atoms with Crippen molar-refractivity contribution in [2.24, 2.45) is 0 Å². The molecule has 8 aromatic rings. The van der Waals surface area contributed by atoms with Crippen LogP contribution in [-0.2, 0) is 0 Å². The van der Waals surface area contributed by atoms with E-state index in [-0.39, 0.29) is 0 Å². The zero-order valence-electron chi connectivity index (χ0n) is 21.5. The summed E-state index contributed by atoms with van der Waals surface area (Å²) in [5, 5.41) is 7.86. The molecule has 2 aromatic heterocycles. The van der Waals surface area contributed by atoms with E-state index in [4.69, 9.17) is 0 Å². The number of aromatic amines is 1. The molecule has 0 saturated heterocycles. The maximum Gasteiger partial charge on any atom is 0.0545 e. The number of rotatable bonds is 2. The number of para-hydroxylation sites is 1. The largest absolute Gasteiger partial charge is 0.354 e. The standard InChI is InChI=1S/C34H21NS.C2H6/c1-2-8-21(9-3-1)23-16-18-30-29(20-23)26-13-6-12-25(33(26)35-30)27-14-7-15-28-32-24-11-5-4-10-22(24)17-19-31(32)36-34(27)28;1-2/h1-20,35H;1-2H3. The summed E-state index contributed by atoms with van der Waals surface area (Å²) in [7, 11) is 0. The first-order valence-corrected chi connectivity index (χ1v) is 14.1. The summed E-state index contributed by atoms with van der Waals surface area (Å²) in [6.07, 6.45) is 0. The molecule has 0 aliphatic heterocycles. The average Bonchev–Trinajstić information content (AvgIpc) is 3.57. The van der Waals surface area contributed by atoms with E-state index in [1.807, 2.05) is 25.2 Å². The smallest absolute Gasteiger partial charge is 0.0545 e. The van der Waals surface area contributed by atoms with Crippen molar-refractivity contribution in [3.05, 3.63) is 121 Å². The van der Waals surface area contributed by atoms with E-state index in [2.05, 4.69) is 126 Å². The fraction of sp³-hybridized carbons (Fsp3) is 0.0556. The van der Waals surface area contributed by atoms with Crippen LogP contribution in [-0.4, -0.2) is 4.98 Å². The molecule has 2 heteroatoms. The summed E-state index contributed by atoms with van der Waals surface area (Å²) < 4.78 is 2.69. The molecule has 0 spiro atoms. The van der Waals surface area contributed by atoms with Gasteiger partial charge in [0.15, 0.2) is 0 Å². The molecule has 6 aromatic carbocycles. The monoisotopic (exact) mass is 505 g/mol. The van der Waals surface area contributed by atoms with Crippen molar-refractivity contribution in [2.45, 2.75) is 13.8 Å². The Kier molecular flexibility index (Phi) is 5.49. The molecule has 0 unspecified atom stereocenters. The second-order valence-corrected chi connectivity index (χ2v) is 10.5. The Morgan fingerprint density at radius 1 is 0.526 bits per heavy atom. The van der Waals surface area contributed by atoms with E-state index in [9.17, 15) is 0 Å². The van der Waals surface area contributed by atoms with Crippen LogP contribution in [0.4, 0.5) is 0 Å². The molecule has 182 valence electrons. The van der Waals surface area contributed by atoms with Crippen molar-refractivity contribution in [1.82, 2.24) is 4.98 Å². The van der Waals surface area contributed by atoms with Gasteiger partial charge >= 0.3 is 0 Å². The van der Waals surface area contributed by atoms with Gasteiger partial charge in [0, 0.05) is 47.6 Å². The van der Waals surface area contributed by atoms with Crippen LogP contribution in [0.5, 0.6) is 0 Å². The lowest BCUT2D eigenvalue weighted by Gasteiger charge is -2.06. The highest BCUT2D eigenvalue weighted by atomic mass is 32.1. The van der Waals surface area contributed by atoms with Gasteiger partial charge in [-0.3, -0.25) is 0 Å². The van der Waals surface area contributed by atoms with Crippen molar-refractivity contribution in [1.29, 1.82) is 0 Å². The molecule has 1 N–H and O–H groups in total. The van der Waals surface area contributed by atoms with E-state index in [0.717, 1.165) is 0 Å². The third-order valence-corrected chi connectivity index (χ3v) is 8.62. The molecule has 0 fully saturated rings. The van der Waals surface area contributed by atoms with Gasteiger partial charge in [0.2, 0.25) is 0 Å². The minimum atomic E-state index is 1.17. The van der Waals surface area contributed by atoms with Crippen LogP contribution in [0.25, 0.3) is 75.0 Å². The first-order chi connectivity index (χ1) is 18.8. The Balaban J connectivity index is 0.00000118. The van der Waals surface area contributed by atoms with Gasteiger partial charge in [-0.1, -0.05) is 117 Å².